The van der Waals surface area contributed by atoms with Crippen LogP contribution in [0.3, 0.4) is 0 Å². The molecule has 1 amide bonds. The molecule has 7 nitrogen and oxygen atoms in total. The fourth-order valence-electron chi connectivity index (χ4n) is 2.82. The monoisotopic (exact) mass is 380 g/mol. The molecule has 0 saturated heterocycles. The standard InChI is InChI=1S/C17H15F3N4O3/c1-22-12-6-5-10(8-13(12)23(2)16(22)27)21-14(25)9-24-7-3-4-11(15(24)26)17(18,19)20/h3-8H,9H2,1-2H3,(H,21,25). The lowest BCUT2D eigenvalue weighted by Crippen LogP contribution is -2.31. The number of aromatic nitrogens is 3. The van der Waals surface area contributed by atoms with Gasteiger partial charge in [-0.25, -0.2) is 4.79 Å². The molecule has 0 radical (unpaired) electrons. The topological polar surface area (TPSA) is 78.0 Å². The van der Waals surface area contributed by atoms with E-state index in [0.717, 1.165) is 12.3 Å². The van der Waals surface area contributed by atoms with Crippen molar-refractivity contribution in [1.82, 2.24) is 13.7 Å². The molecule has 0 fully saturated rings. The summed E-state index contributed by atoms with van der Waals surface area (Å²) < 4.78 is 41.9. The number of aryl methyl sites for hydroxylation is 2. The van der Waals surface area contributed by atoms with Crippen LogP contribution >= 0.6 is 0 Å². The van der Waals surface area contributed by atoms with Gasteiger partial charge in [0.15, 0.2) is 0 Å². The summed E-state index contributed by atoms with van der Waals surface area (Å²) in [5, 5.41) is 2.52. The Labute approximate surface area is 150 Å². The molecule has 2 aromatic heterocycles. The highest BCUT2D eigenvalue weighted by atomic mass is 19.4. The minimum Gasteiger partial charge on any atom is -0.324 e. The van der Waals surface area contributed by atoms with E-state index in [2.05, 4.69) is 5.32 Å². The maximum Gasteiger partial charge on any atom is 0.421 e. The van der Waals surface area contributed by atoms with Crippen molar-refractivity contribution in [3.63, 3.8) is 0 Å². The van der Waals surface area contributed by atoms with Gasteiger partial charge in [0.25, 0.3) is 5.56 Å². The molecule has 0 atom stereocenters. The first kappa shape index (κ1) is 18.5. The highest BCUT2D eigenvalue weighted by Gasteiger charge is 2.34. The van der Waals surface area contributed by atoms with Crippen molar-refractivity contribution < 1.29 is 18.0 Å². The van der Waals surface area contributed by atoms with E-state index in [4.69, 9.17) is 0 Å². The van der Waals surface area contributed by atoms with Crippen LogP contribution in [0.25, 0.3) is 11.0 Å². The summed E-state index contributed by atoms with van der Waals surface area (Å²) in [5.41, 5.74) is -1.26. The van der Waals surface area contributed by atoms with Crippen LogP contribution in [0.2, 0.25) is 0 Å². The number of benzene rings is 1. The van der Waals surface area contributed by atoms with Gasteiger partial charge >= 0.3 is 11.9 Å². The van der Waals surface area contributed by atoms with E-state index in [9.17, 15) is 27.6 Å². The molecule has 0 aliphatic carbocycles. The Kier molecular flexibility index (Phi) is 4.42. The Bertz CT molecular complexity index is 1150. The number of hydrogen-bond donors (Lipinski definition) is 1. The minimum absolute atomic E-state index is 0.232. The van der Waals surface area contributed by atoms with Gasteiger partial charge in [0.2, 0.25) is 5.91 Å². The lowest BCUT2D eigenvalue weighted by Gasteiger charge is -2.11. The van der Waals surface area contributed by atoms with Crippen LogP contribution in [0.5, 0.6) is 0 Å². The molecule has 1 aromatic carbocycles. The predicted octanol–water partition coefficient (Wildman–Crippen LogP) is 1.70. The van der Waals surface area contributed by atoms with Gasteiger partial charge < -0.3 is 9.88 Å². The summed E-state index contributed by atoms with van der Waals surface area (Å²) in [4.78, 5) is 36.0. The van der Waals surface area contributed by atoms with E-state index in [1.165, 1.54) is 9.13 Å². The zero-order chi connectivity index (χ0) is 19.9. The number of rotatable bonds is 3. The van der Waals surface area contributed by atoms with E-state index < -0.39 is 29.8 Å². The van der Waals surface area contributed by atoms with Crippen LogP contribution in [0.1, 0.15) is 5.56 Å². The maximum atomic E-state index is 12.8. The molecular weight excluding hydrogens is 365 g/mol. The molecule has 0 spiro atoms. The van der Waals surface area contributed by atoms with Gasteiger partial charge in [0.1, 0.15) is 12.1 Å². The van der Waals surface area contributed by atoms with Crippen molar-refractivity contribution in [2.75, 3.05) is 5.32 Å². The molecule has 3 rings (SSSR count). The molecule has 0 saturated carbocycles. The Morgan fingerprint density at radius 2 is 1.74 bits per heavy atom. The van der Waals surface area contributed by atoms with E-state index in [-0.39, 0.29) is 5.69 Å². The van der Waals surface area contributed by atoms with Gasteiger partial charge in [-0.05, 0) is 30.3 Å². The zero-order valence-electron chi connectivity index (χ0n) is 14.4. The average Bonchev–Trinajstić information content (AvgIpc) is 2.80. The van der Waals surface area contributed by atoms with Crippen molar-refractivity contribution in [3.8, 4) is 0 Å². The molecule has 10 heteroatoms. The lowest BCUT2D eigenvalue weighted by molar-refractivity contribution is -0.139. The van der Waals surface area contributed by atoms with Gasteiger partial charge in [-0.1, -0.05) is 0 Å². The number of nitrogens with zero attached hydrogens (tertiary/aromatic N) is 3. The number of amides is 1. The number of pyridine rings is 1. The first-order valence-electron chi connectivity index (χ1n) is 7.81. The number of hydrogen-bond acceptors (Lipinski definition) is 3. The van der Waals surface area contributed by atoms with Gasteiger partial charge in [0, 0.05) is 26.0 Å². The SMILES string of the molecule is Cn1c(=O)n(C)c2cc(NC(=O)Cn3cccc(C(F)(F)F)c3=O)ccc21. The van der Waals surface area contributed by atoms with Crippen molar-refractivity contribution in [2.24, 2.45) is 14.1 Å². The highest BCUT2D eigenvalue weighted by Crippen LogP contribution is 2.26. The number of anilines is 1. The van der Waals surface area contributed by atoms with Crippen molar-refractivity contribution >= 4 is 22.6 Å². The smallest absolute Gasteiger partial charge is 0.324 e. The second-order valence-electron chi connectivity index (χ2n) is 6.00. The molecule has 0 aliphatic heterocycles. The summed E-state index contributed by atoms with van der Waals surface area (Å²) in [7, 11) is 3.20. The Hall–Kier alpha value is -3.30. The number of fused-ring (bicyclic) bond motifs is 1. The van der Waals surface area contributed by atoms with E-state index in [1.54, 1.807) is 32.3 Å². The van der Waals surface area contributed by atoms with Gasteiger partial charge in [-0.2, -0.15) is 13.2 Å². The average molecular weight is 380 g/mol. The summed E-state index contributed by atoms with van der Waals surface area (Å²) in [6.07, 6.45) is -3.68. The third-order valence-corrected chi connectivity index (χ3v) is 4.20. The fourth-order valence-corrected chi connectivity index (χ4v) is 2.82. The summed E-state index contributed by atoms with van der Waals surface area (Å²) in [6, 6.07) is 6.50. The molecule has 2 heterocycles. The van der Waals surface area contributed by atoms with Crippen LogP contribution in [-0.2, 0) is 31.6 Å². The number of nitrogens with one attached hydrogen (secondary N) is 1. The van der Waals surface area contributed by atoms with Crippen molar-refractivity contribution in [1.29, 1.82) is 0 Å². The number of halogens is 3. The normalized spacial score (nSPS) is 11.7. The van der Waals surface area contributed by atoms with E-state index in [1.807, 2.05) is 0 Å². The molecule has 0 unspecified atom stereocenters. The molecular formula is C17H15F3N4O3. The van der Waals surface area contributed by atoms with Crippen molar-refractivity contribution in [2.45, 2.75) is 12.7 Å². The highest BCUT2D eigenvalue weighted by molar-refractivity contribution is 5.93. The van der Waals surface area contributed by atoms with Crippen LogP contribution in [0.15, 0.2) is 46.1 Å². The Morgan fingerprint density at radius 1 is 1.07 bits per heavy atom. The molecule has 0 aliphatic rings. The lowest BCUT2D eigenvalue weighted by atomic mass is 10.2. The van der Waals surface area contributed by atoms with Crippen LogP contribution in [0, 0.1) is 0 Å². The molecule has 3 aromatic rings. The van der Waals surface area contributed by atoms with Gasteiger partial charge in [-0.15, -0.1) is 0 Å². The molecule has 0 bridgehead atoms. The number of imidazole rings is 1. The molecule has 1 N–H and O–H groups in total. The number of carbonyl (C=O) groups excluding carboxylic acids is 1. The van der Waals surface area contributed by atoms with E-state index >= 15 is 0 Å². The Morgan fingerprint density at radius 3 is 2.41 bits per heavy atom. The Balaban J connectivity index is 1.85. The minimum atomic E-state index is -4.79. The quantitative estimate of drug-likeness (QED) is 0.751. The maximum absolute atomic E-state index is 12.8. The molecule has 27 heavy (non-hydrogen) atoms. The second-order valence-corrected chi connectivity index (χ2v) is 6.00. The summed E-state index contributed by atoms with van der Waals surface area (Å²) in [6.45, 7) is -0.575. The van der Waals surface area contributed by atoms with E-state index in [0.29, 0.717) is 27.4 Å². The van der Waals surface area contributed by atoms with Gasteiger partial charge in [-0.3, -0.25) is 18.7 Å². The largest absolute Gasteiger partial charge is 0.421 e. The predicted molar refractivity (Wildman–Crippen MR) is 92.5 cm³/mol. The third-order valence-electron chi connectivity index (χ3n) is 4.20. The summed E-state index contributed by atoms with van der Waals surface area (Å²) >= 11 is 0. The molecule has 142 valence electrons. The van der Waals surface area contributed by atoms with Gasteiger partial charge in [0.05, 0.1) is 11.0 Å². The summed E-state index contributed by atoms with van der Waals surface area (Å²) in [5.74, 6) is -0.670. The third kappa shape index (κ3) is 3.37. The number of carbonyl (C=O) groups is 1. The zero-order valence-corrected chi connectivity index (χ0v) is 14.4. The number of alkyl halides is 3. The van der Waals surface area contributed by atoms with Crippen LogP contribution in [-0.4, -0.2) is 19.6 Å². The van der Waals surface area contributed by atoms with Crippen LogP contribution < -0.4 is 16.6 Å². The first-order chi connectivity index (χ1) is 12.6. The first-order valence-corrected chi connectivity index (χ1v) is 7.81. The second kappa shape index (κ2) is 6.45. The van der Waals surface area contributed by atoms with Crippen molar-refractivity contribution in [3.05, 3.63) is 62.9 Å². The van der Waals surface area contributed by atoms with Crippen LogP contribution in [0.4, 0.5) is 18.9 Å². The fraction of sp³-hybridized carbons (Fsp3) is 0.235.